The molecule has 0 amide bonds. The minimum absolute atomic E-state index is 0.281. The number of halogens is 1. The molecule has 1 aromatic carbocycles. The average Bonchev–Trinajstić information content (AvgIpc) is 2.64. The highest BCUT2D eigenvalue weighted by molar-refractivity contribution is 9.10. The molecule has 17 heavy (non-hydrogen) atoms. The molecule has 90 valence electrons. The fourth-order valence-electron chi connectivity index (χ4n) is 1.77. The zero-order valence-corrected chi connectivity index (χ0v) is 12.0. The van der Waals surface area contributed by atoms with Crippen molar-refractivity contribution < 1.29 is 0 Å². The molecule has 1 N–H and O–H groups in total. The number of imidazole rings is 1. The predicted octanol–water partition coefficient (Wildman–Crippen LogP) is 4.43. The molecule has 0 bridgehead atoms. The number of hydrogen-bond donors (Lipinski definition) is 1. The van der Waals surface area contributed by atoms with Crippen LogP contribution in [0.25, 0.3) is 11.4 Å². The van der Waals surface area contributed by atoms with Crippen molar-refractivity contribution in [3.05, 3.63) is 40.6 Å². The van der Waals surface area contributed by atoms with E-state index in [0.29, 0.717) is 0 Å². The number of hydrogen-bond acceptors (Lipinski definition) is 1. The fourth-order valence-corrected chi connectivity index (χ4v) is 2.04. The lowest BCUT2D eigenvalue weighted by Gasteiger charge is -2.16. The Morgan fingerprint density at radius 1 is 1.18 bits per heavy atom. The molecular weight excluding hydrogens is 276 g/mol. The van der Waals surface area contributed by atoms with E-state index in [4.69, 9.17) is 0 Å². The summed E-state index contributed by atoms with van der Waals surface area (Å²) >= 11 is 3.43. The maximum absolute atomic E-state index is 4.43. The Morgan fingerprint density at radius 3 is 2.41 bits per heavy atom. The standard InChI is InChI=1S/C14H17BrN2/c1-14(2,3)8-12-9-16-13(17-12)10-4-6-11(15)7-5-10/h4-7,9H,8H2,1-3H3,(H,16,17). The molecule has 1 heterocycles. The lowest BCUT2D eigenvalue weighted by atomic mass is 9.91. The van der Waals surface area contributed by atoms with Crippen molar-refractivity contribution in [2.45, 2.75) is 27.2 Å². The summed E-state index contributed by atoms with van der Waals surface area (Å²) in [5.74, 6) is 0.941. The van der Waals surface area contributed by atoms with Crippen LogP contribution in [0.1, 0.15) is 26.5 Å². The Kier molecular flexibility index (Phi) is 3.38. The van der Waals surface area contributed by atoms with E-state index >= 15 is 0 Å². The summed E-state index contributed by atoms with van der Waals surface area (Å²) in [6.45, 7) is 6.69. The van der Waals surface area contributed by atoms with Crippen LogP contribution < -0.4 is 0 Å². The summed E-state index contributed by atoms with van der Waals surface area (Å²) in [7, 11) is 0. The molecule has 0 aliphatic carbocycles. The molecule has 0 aliphatic heterocycles. The molecule has 0 radical (unpaired) electrons. The average molecular weight is 293 g/mol. The third kappa shape index (κ3) is 3.43. The predicted molar refractivity (Wildman–Crippen MR) is 74.9 cm³/mol. The zero-order valence-electron chi connectivity index (χ0n) is 10.4. The van der Waals surface area contributed by atoms with E-state index in [-0.39, 0.29) is 5.41 Å². The Morgan fingerprint density at radius 2 is 1.82 bits per heavy atom. The van der Waals surface area contributed by atoms with E-state index in [1.165, 1.54) is 5.69 Å². The van der Waals surface area contributed by atoms with Crippen molar-refractivity contribution in [1.29, 1.82) is 0 Å². The third-order valence-electron chi connectivity index (χ3n) is 2.47. The van der Waals surface area contributed by atoms with Crippen LogP contribution >= 0.6 is 15.9 Å². The van der Waals surface area contributed by atoms with E-state index in [9.17, 15) is 0 Å². The topological polar surface area (TPSA) is 28.7 Å². The first kappa shape index (κ1) is 12.4. The molecule has 1 aromatic heterocycles. The van der Waals surface area contributed by atoms with Crippen LogP contribution in [-0.4, -0.2) is 9.97 Å². The number of rotatable bonds is 2. The summed E-state index contributed by atoms with van der Waals surface area (Å²) < 4.78 is 1.09. The molecule has 0 aliphatic rings. The number of benzene rings is 1. The van der Waals surface area contributed by atoms with Gasteiger partial charge in [-0.15, -0.1) is 0 Å². The SMILES string of the molecule is CC(C)(C)Cc1cnc(-c2ccc(Br)cc2)[nH]1. The number of nitrogens with one attached hydrogen (secondary N) is 1. The maximum Gasteiger partial charge on any atom is 0.137 e. The van der Waals surface area contributed by atoms with Crippen LogP contribution in [0.5, 0.6) is 0 Å². The molecule has 0 spiro atoms. The second kappa shape index (κ2) is 4.65. The first-order chi connectivity index (χ1) is 7.94. The van der Waals surface area contributed by atoms with Gasteiger partial charge >= 0.3 is 0 Å². The van der Waals surface area contributed by atoms with Gasteiger partial charge in [-0.3, -0.25) is 0 Å². The summed E-state index contributed by atoms with van der Waals surface area (Å²) in [6.07, 6.45) is 2.94. The second-order valence-electron chi connectivity index (χ2n) is 5.50. The van der Waals surface area contributed by atoms with Gasteiger partial charge in [0.15, 0.2) is 0 Å². The van der Waals surface area contributed by atoms with E-state index in [1.807, 2.05) is 18.3 Å². The van der Waals surface area contributed by atoms with Crippen LogP contribution in [0, 0.1) is 5.41 Å². The lowest BCUT2D eigenvalue weighted by molar-refractivity contribution is 0.407. The van der Waals surface area contributed by atoms with E-state index in [2.05, 4.69) is 58.8 Å². The van der Waals surface area contributed by atoms with Crippen LogP contribution in [0.2, 0.25) is 0 Å². The number of aromatic amines is 1. The van der Waals surface area contributed by atoms with Crippen LogP contribution in [0.3, 0.4) is 0 Å². The van der Waals surface area contributed by atoms with Crippen molar-refractivity contribution in [2.75, 3.05) is 0 Å². The van der Waals surface area contributed by atoms with Gasteiger partial charge in [0, 0.05) is 21.9 Å². The van der Waals surface area contributed by atoms with E-state index in [1.54, 1.807) is 0 Å². The Hall–Kier alpha value is -1.09. The molecule has 0 saturated heterocycles. The van der Waals surface area contributed by atoms with Crippen molar-refractivity contribution >= 4 is 15.9 Å². The van der Waals surface area contributed by atoms with Gasteiger partial charge in [-0.1, -0.05) is 48.8 Å². The monoisotopic (exact) mass is 292 g/mol. The molecule has 2 rings (SSSR count). The third-order valence-corrected chi connectivity index (χ3v) is 3.00. The maximum atomic E-state index is 4.43. The molecule has 2 nitrogen and oxygen atoms in total. The highest BCUT2D eigenvalue weighted by atomic mass is 79.9. The number of nitrogens with zero attached hydrogens (tertiary/aromatic N) is 1. The molecule has 2 aromatic rings. The molecule has 0 fully saturated rings. The molecule has 0 atom stereocenters. The van der Waals surface area contributed by atoms with Crippen LogP contribution in [0.4, 0.5) is 0 Å². The highest BCUT2D eigenvalue weighted by Crippen LogP contribution is 2.23. The van der Waals surface area contributed by atoms with Gasteiger partial charge in [-0.2, -0.15) is 0 Å². The number of H-pyrrole nitrogens is 1. The summed E-state index contributed by atoms with van der Waals surface area (Å²) in [5, 5.41) is 0. The van der Waals surface area contributed by atoms with Crippen LogP contribution in [0.15, 0.2) is 34.9 Å². The van der Waals surface area contributed by atoms with Gasteiger partial charge in [0.1, 0.15) is 5.82 Å². The fraction of sp³-hybridized carbons (Fsp3) is 0.357. The van der Waals surface area contributed by atoms with Gasteiger partial charge in [0.25, 0.3) is 0 Å². The Labute approximate surface area is 111 Å². The van der Waals surface area contributed by atoms with Crippen molar-refractivity contribution in [2.24, 2.45) is 5.41 Å². The molecule has 0 saturated carbocycles. The Bertz CT molecular complexity index is 492. The Balaban J connectivity index is 2.21. The van der Waals surface area contributed by atoms with Gasteiger partial charge in [0.05, 0.1) is 0 Å². The summed E-state index contributed by atoms with van der Waals surface area (Å²) in [5.41, 5.74) is 2.59. The van der Waals surface area contributed by atoms with E-state index < -0.39 is 0 Å². The molecular formula is C14H17BrN2. The largest absolute Gasteiger partial charge is 0.342 e. The number of aromatic nitrogens is 2. The highest BCUT2D eigenvalue weighted by Gasteiger charge is 2.13. The normalized spacial score (nSPS) is 11.8. The molecule has 0 unspecified atom stereocenters. The van der Waals surface area contributed by atoms with E-state index in [0.717, 1.165) is 22.3 Å². The molecule has 3 heteroatoms. The lowest BCUT2D eigenvalue weighted by Crippen LogP contribution is -2.09. The first-order valence-electron chi connectivity index (χ1n) is 5.74. The van der Waals surface area contributed by atoms with Gasteiger partial charge < -0.3 is 4.98 Å². The van der Waals surface area contributed by atoms with Gasteiger partial charge in [0.2, 0.25) is 0 Å². The smallest absolute Gasteiger partial charge is 0.137 e. The van der Waals surface area contributed by atoms with Crippen molar-refractivity contribution in [3.63, 3.8) is 0 Å². The van der Waals surface area contributed by atoms with Gasteiger partial charge in [-0.25, -0.2) is 4.98 Å². The zero-order chi connectivity index (χ0) is 12.5. The van der Waals surface area contributed by atoms with Crippen molar-refractivity contribution in [3.8, 4) is 11.4 Å². The second-order valence-corrected chi connectivity index (χ2v) is 6.42. The quantitative estimate of drug-likeness (QED) is 0.872. The van der Waals surface area contributed by atoms with Crippen molar-refractivity contribution in [1.82, 2.24) is 9.97 Å². The van der Waals surface area contributed by atoms with Gasteiger partial charge in [-0.05, 0) is 24.0 Å². The minimum atomic E-state index is 0.281. The minimum Gasteiger partial charge on any atom is -0.342 e. The summed E-state index contributed by atoms with van der Waals surface area (Å²) in [6, 6.07) is 8.18. The first-order valence-corrected chi connectivity index (χ1v) is 6.53. The summed E-state index contributed by atoms with van der Waals surface area (Å²) in [4.78, 5) is 7.81. The van der Waals surface area contributed by atoms with Crippen LogP contribution in [-0.2, 0) is 6.42 Å².